The van der Waals surface area contributed by atoms with Crippen molar-refractivity contribution in [2.24, 2.45) is 0 Å². The number of nitrogens with zero attached hydrogens (tertiary/aromatic N) is 1. The van der Waals surface area contributed by atoms with Crippen LogP contribution < -0.4 is 5.32 Å². The summed E-state index contributed by atoms with van der Waals surface area (Å²) in [7, 11) is 0. The van der Waals surface area contributed by atoms with Crippen LogP contribution in [0.2, 0.25) is 0 Å². The Labute approximate surface area is 112 Å². The van der Waals surface area contributed by atoms with Gasteiger partial charge in [0.25, 0.3) is 0 Å². The third kappa shape index (κ3) is 2.99. The third-order valence-corrected chi connectivity index (χ3v) is 4.60. The average molecular weight is 275 g/mol. The molecule has 1 N–H and O–H groups in total. The highest BCUT2D eigenvalue weighted by atomic mass is 35.5. The maximum atomic E-state index is 5.42. The van der Waals surface area contributed by atoms with Crippen molar-refractivity contribution in [1.29, 1.82) is 0 Å². The molecule has 0 aromatic carbocycles. The Hall–Kier alpha value is -0.160. The number of piperidine rings is 1. The van der Waals surface area contributed by atoms with Crippen LogP contribution in [0.25, 0.3) is 0 Å². The van der Waals surface area contributed by atoms with Gasteiger partial charge in [-0.3, -0.25) is 0 Å². The van der Waals surface area contributed by atoms with E-state index in [1.165, 1.54) is 23.5 Å². The zero-order valence-corrected chi connectivity index (χ0v) is 11.5. The minimum atomic E-state index is 0. The van der Waals surface area contributed by atoms with Gasteiger partial charge in [-0.1, -0.05) is 0 Å². The molecule has 1 atom stereocenters. The van der Waals surface area contributed by atoms with Crippen LogP contribution in [0.5, 0.6) is 0 Å². The first-order valence-electron chi connectivity index (χ1n) is 6.17. The summed E-state index contributed by atoms with van der Waals surface area (Å²) in [6.45, 7) is 4.07. The van der Waals surface area contributed by atoms with Crippen LogP contribution >= 0.6 is 23.7 Å². The lowest BCUT2D eigenvalue weighted by Gasteiger charge is -2.20. The van der Waals surface area contributed by atoms with Crippen molar-refractivity contribution < 1.29 is 4.74 Å². The molecule has 0 amide bonds. The molecule has 0 aliphatic carbocycles. The summed E-state index contributed by atoms with van der Waals surface area (Å²) in [5.74, 6) is 1.26. The van der Waals surface area contributed by atoms with Crippen molar-refractivity contribution >= 4 is 23.7 Å². The fourth-order valence-electron chi connectivity index (χ4n) is 2.51. The molecule has 17 heavy (non-hydrogen) atoms. The van der Waals surface area contributed by atoms with Crippen molar-refractivity contribution in [3.05, 3.63) is 16.1 Å². The lowest BCUT2D eigenvalue weighted by Crippen LogP contribution is -2.26. The summed E-state index contributed by atoms with van der Waals surface area (Å²) in [4.78, 5) is 4.83. The van der Waals surface area contributed by atoms with E-state index in [1.807, 2.05) is 11.3 Å². The molecule has 2 fully saturated rings. The topological polar surface area (TPSA) is 34.2 Å². The van der Waals surface area contributed by atoms with Crippen LogP contribution in [-0.4, -0.2) is 31.3 Å². The fourth-order valence-corrected chi connectivity index (χ4v) is 3.59. The van der Waals surface area contributed by atoms with Crippen molar-refractivity contribution in [2.45, 2.75) is 31.1 Å². The van der Waals surface area contributed by atoms with Gasteiger partial charge in [-0.15, -0.1) is 23.7 Å². The standard InChI is InChI=1S/C12H18N2OS.ClH/c1-4-13-5-2-9(1)12-14-11(8-16-12)10-3-6-15-7-10;/h8-10,13H,1-7H2;1H. The second-order valence-electron chi connectivity index (χ2n) is 4.70. The van der Waals surface area contributed by atoms with E-state index < -0.39 is 0 Å². The number of hydrogen-bond donors (Lipinski definition) is 1. The number of aromatic nitrogens is 1. The quantitative estimate of drug-likeness (QED) is 0.900. The second kappa shape index (κ2) is 6.14. The van der Waals surface area contributed by atoms with E-state index in [-0.39, 0.29) is 12.4 Å². The number of nitrogens with one attached hydrogen (secondary N) is 1. The van der Waals surface area contributed by atoms with Gasteiger partial charge in [0.15, 0.2) is 0 Å². The van der Waals surface area contributed by atoms with E-state index in [4.69, 9.17) is 9.72 Å². The van der Waals surface area contributed by atoms with E-state index in [9.17, 15) is 0 Å². The molecule has 0 radical (unpaired) electrons. The van der Waals surface area contributed by atoms with Gasteiger partial charge in [-0.05, 0) is 32.4 Å². The molecule has 2 aliphatic rings. The number of thiazole rings is 1. The average Bonchev–Trinajstić information content (AvgIpc) is 3.01. The molecule has 1 aromatic rings. The number of halogens is 1. The largest absolute Gasteiger partial charge is 0.381 e. The van der Waals surface area contributed by atoms with E-state index in [0.29, 0.717) is 11.8 Å². The van der Waals surface area contributed by atoms with Crippen molar-refractivity contribution in [1.82, 2.24) is 10.3 Å². The maximum Gasteiger partial charge on any atom is 0.0960 e. The minimum absolute atomic E-state index is 0. The highest BCUT2D eigenvalue weighted by Gasteiger charge is 2.23. The van der Waals surface area contributed by atoms with Crippen LogP contribution in [0.4, 0.5) is 0 Å². The zero-order chi connectivity index (χ0) is 10.8. The lowest BCUT2D eigenvalue weighted by molar-refractivity contribution is 0.193. The first-order valence-corrected chi connectivity index (χ1v) is 7.05. The van der Waals surface area contributed by atoms with E-state index in [1.54, 1.807) is 0 Å². The molecular weight excluding hydrogens is 256 g/mol. The molecule has 0 bridgehead atoms. The number of hydrogen-bond acceptors (Lipinski definition) is 4. The highest BCUT2D eigenvalue weighted by molar-refractivity contribution is 7.09. The number of ether oxygens (including phenoxy) is 1. The van der Waals surface area contributed by atoms with Crippen LogP contribution in [0.3, 0.4) is 0 Å². The SMILES string of the molecule is Cl.c1sc(C2CCNCC2)nc1C1CCOC1. The molecule has 0 spiro atoms. The normalized spacial score (nSPS) is 25.8. The lowest BCUT2D eigenvalue weighted by atomic mass is 9.99. The van der Waals surface area contributed by atoms with Gasteiger partial charge in [-0.25, -0.2) is 4.98 Å². The van der Waals surface area contributed by atoms with Gasteiger partial charge in [0.05, 0.1) is 17.3 Å². The Morgan fingerprint density at radius 3 is 2.76 bits per heavy atom. The molecule has 1 aromatic heterocycles. The molecular formula is C12H19ClN2OS. The van der Waals surface area contributed by atoms with Crippen LogP contribution in [-0.2, 0) is 4.74 Å². The summed E-state index contributed by atoms with van der Waals surface area (Å²) < 4.78 is 5.42. The minimum Gasteiger partial charge on any atom is -0.381 e. The summed E-state index contributed by atoms with van der Waals surface area (Å²) >= 11 is 1.85. The summed E-state index contributed by atoms with van der Waals surface area (Å²) in [5, 5.41) is 7.00. The first-order chi connectivity index (χ1) is 7.93. The van der Waals surface area contributed by atoms with Gasteiger partial charge in [0, 0.05) is 23.8 Å². The highest BCUT2D eigenvalue weighted by Crippen LogP contribution is 2.32. The van der Waals surface area contributed by atoms with Gasteiger partial charge in [-0.2, -0.15) is 0 Å². The van der Waals surface area contributed by atoms with E-state index >= 15 is 0 Å². The van der Waals surface area contributed by atoms with Crippen LogP contribution in [0, 0.1) is 0 Å². The summed E-state index contributed by atoms with van der Waals surface area (Å²) in [6, 6.07) is 0. The zero-order valence-electron chi connectivity index (χ0n) is 9.85. The monoisotopic (exact) mass is 274 g/mol. The first kappa shape index (κ1) is 13.3. The van der Waals surface area contributed by atoms with Gasteiger partial charge in [0.2, 0.25) is 0 Å². The third-order valence-electron chi connectivity index (χ3n) is 3.58. The maximum absolute atomic E-state index is 5.42. The van der Waals surface area contributed by atoms with Gasteiger partial charge < -0.3 is 10.1 Å². The molecule has 3 heterocycles. The Bertz CT molecular complexity index is 346. The summed E-state index contributed by atoms with van der Waals surface area (Å²) in [5.41, 5.74) is 1.27. The molecule has 3 rings (SSSR count). The Kier molecular flexibility index (Phi) is 4.79. The van der Waals surface area contributed by atoms with Crippen molar-refractivity contribution in [2.75, 3.05) is 26.3 Å². The molecule has 5 heteroatoms. The molecule has 3 nitrogen and oxygen atoms in total. The fraction of sp³-hybridized carbons (Fsp3) is 0.750. The molecule has 0 saturated carbocycles. The Morgan fingerprint density at radius 1 is 1.24 bits per heavy atom. The van der Waals surface area contributed by atoms with Crippen molar-refractivity contribution in [3.63, 3.8) is 0 Å². The predicted molar refractivity (Wildman–Crippen MR) is 72.4 cm³/mol. The molecule has 2 aliphatic heterocycles. The summed E-state index contributed by atoms with van der Waals surface area (Å²) in [6.07, 6.45) is 3.64. The van der Waals surface area contributed by atoms with Crippen molar-refractivity contribution in [3.8, 4) is 0 Å². The van der Waals surface area contributed by atoms with E-state index in [0.717, 1.165) is 32.7 Å². The van der Waals surface area contributed by atoms with Crippen LogP contribution in [0.15, 0.2) is 5.38 Å². The predicted octanol–water partition coefficient (Wildman–Crippen LogP) is 2.54. The number of rotatable bonds is 2. The second-order valence-corrected chi connectivity index (χ2v) is 5.59. The molecule has 1 unspecified atom stereocenters. The van der Waals surface area contributed by atoms with E-state index in [2.05, 4.69) is 10.7 Å². The Balaban J connectivity index is 0.00000108. The molecule has 96 valence electrons. The Morgan fingerprint density at radius 2 is 2.06 bits per heavy atom. The smallest absolute Gasteiger partial charge is 0.0960 e. The van der Waals surface area contributed by atoms with Gasteiger partial charge >= 0.3 is 0 Å². The van der Waals surface area contributed by atoms with Gasteiger partial charge in [0.1, 0.15) is 0 Å². The van der Waals surface area contributed by atoms with Crippen LogP contribution in [0.1, 0.15) is 41.8 Å². The molecule has 2 saturated heterocycles.